The number of fused-ring (bicyclic) bond motifs is 1. The number of H-pyrrole nitrogens is 1. The Kier molecular flexibility index (Phi) is 6.01. The maximum atomic E-state index is 13.9. The SMILES string of the molecule is Cc1[nH]nc2nc(-c3ccc(NS(=O)(=O)c4ccccc4F)cc3)nc(OCCCN)c12. The molecule has 0 aliphatic rings. The molecule has 4 rings (SSSR count). The van der Waals surface area contributed by atoms with Crippen LogP contribution in [-0.2, 0) is 10.0 Å². The van der Waals surface area contributed by atoms with Crippen molar-refractivity contribution in [1.29, 1.82) is 0 Å². The molecule has 0 aliphatic heterocycles. The number of aromatic amines is 1. The van der Waals surface area contributed by atoms with E-state index in [9.17, 15) is 12.8 Å². The van der Waals surface area contributed by atoms with Crippen molar-refractivity contribution in [3.8, 4) is 17.3 Å². The fraction of sp³-hybridized carbons (Fsp3) is 0.190. The summed E-state index contributed by atoms with van der Waals surface area (Å²) in [6.45, 7) is 2.75. The van der Waals surface area contributed by atoms with E-state index in [-0.39, 0.29) is 5.69 Å². The maximum Gasteiger partial charge on any atom is 0.264 e. The molecule has 2 aromatic carbocycles. The molecule has 0 fully saturated rings. The zero-order valence-corrected chi connectivity index (χ0v) is 18.0. The molecule has 9 nitrogen and oxygen atoms in total. The third kappa shape index (κ3) is 4.39. The lowest BCUT2D eigenvalue weighted by Crippen LogP contribution is -2.14. The van der Waals surface area contributed by atoms with Gasteiger partial charge in [-0.3, -0.25) is 9.82 Å². The number of anilines is 1. The van der Waals surface area contributed by atoms with Gasteiger partial charge in [-0.25, -0.2) is 17.8 Å². The first kappa shape index (κ1) is 21.7. The maximum absolute atomic E-state index is 13.9. The summed E-state index contributed by atoms with van der Waals surface area (Å²) in [5.41, 5.74) is 7.68. The molecule has 0 unspecified atom stereocenters. The van der Waals surface area contributed by atoms with Crippen LogP contribution in [0.2, 0.25) is 0 Å². The number of aryl methyl sites for hydroxylation is 1. The second-order valence-corrected chi connectivity index (χ2v) is 8.65. The first-order chi connectivity index (χ1) is 15.4. The van der Waals surface area contributed by atoms with E-state index in [1.807, 2.05) is 6.92 Å². The number of hydrogen-bond acceptors (Lipinski definition) is 7. The van der Waals surface area contributed by atoms with Crippen LogP contribution >= 0.6 is 0 Å². The molecule has 0 atom stereocenters. The second kappa shape index (κ2) is 8.89. The molecular formula is C21H21FN6O3S. The zero-order chi connectivity index (χ0) is 22.7. The fourth-order valence-corrected chi connectivity index (χ4v) is 4.22. The minimum atomic E-state index is -4.07. The highest BCUT2D eigenvalue weighted by Crippen LogP contribution is 2.28. The van der Waals surface area contributed by atoms with E-state index < -0.39 is 20.7 Å². The van der Waals surface area contributed by atoms with E-state index in [1.165, 1.54) is 18.2 Å². The number of ether oxygens (including phenoxy) is 1. The average Bonchev–Trinajstić information content (AvgIpc) is 3.15. The Bertz CT molecular complexity index is 1360. The Balaban J connectivity index is 1.62. The number of aromatic nitrogens is 4. The van der Waals surface area contributed by atoms with Crippen LogP contribution in [0.1, 0.15) is 12.1 Å². The Morgan fingerprint density at radius 2 is 1.88 bits per heavy atom. The van der Waals surface area contributed by atoms with Gasteiger partial charge in [-0.15, -0.1) is 0 Å². The highest BCUT2D eigenvalue weighted by Gasteiger charge is 2.19. The van der Waals surface area contributed by atoms with Gasteiger partial charge in [0.05, 0.1) is 6.61 Å². The quantitative estimate of drug-likeness (QED) is 0.347. The molecular weight excluding hydrogens is 435 g/mol. The van der Waals surface area contributed by atoms with Crippen LogP contribution < -0.4 is 15.2 Å². The lowest BCUT2D eigenvalue weighted by molar-refractivity contribution is 0.305. The molecule has 4 N–H and O–H groups in total. The number of nitrogens with zero attached hydrogens (tertiary/aromatic N) is 3. The molecule has 0 saturated heterocycles. The number of nitrogens with one attached hydrogen (secondary N) is 2. The monoisotopic (exact) mass is 456 g/mol. The van der Waals surface area contributed by atoms with Gasteiger partial charge in [0, 0.05) is 16.9 Å². The van der Waals surface area contributed by atoms with Crippen molar-refractivity contribution in [2.24, 2.45) is 5.73 Å². The molecule has 166 valence electrons. The van der Waals surface area contributed by atoms with Gasteiger partial charge in [0.2, 0.25) is 5.88 Å². The van der Waals surface area contributed by atoms with E-state index in [1.54, 1.807) is 24.3 Å². The normalized spacial score (nSPS) is 11.6. The minimum Gasteiger partial charge on any atom is -0.477 e. The molecule has 0 saturated carbocycles. The summed E-state index contributed by atoms with van der Waals surface area (Å²) in [5.74, 6) is -0.0564. The molecule has 4 aromatic rings. The molecule has 0 bridgehead atoms. The molecule has 2 heterocycles. The van der Waals surface area contributed by atoms with Crippen molar-refractivity contribution in [2.45, 2.75) is 18.2 Å². The van der Waals surface area contributed by atoms with Gasteiger partial charge in [0.1, 0.15) is 16.1 Å². The smallest absolute Gasteiger partial charge is 0.264 e. The first-order valence-corrected chi connectivity index (χ1v) is 11.3. The largest absolute Gasteiger partial charge is 0.477 e. The van der Waals surface area contributed by atoms with Crippen molar-refractivity contribution in [3.05, 3.63) is 60.0 Å². The molecule has 2 aromatic heterocycles. The van der Waals surface area contributed by atoms with Crippen LogP contribution in [0.5, 0.6) is 5.88 Å². The Morgan fingerprint density at radius 3 is 2.59 bits per heavy atom. The third-order valence-corrected chi connectivity index (χ3v) is 6.08. The van der Waals surface area contributed by atoms with E-state index in [0.29, 0.717) is 47.9 Å². The number of nitrogens with two attached hydrogens (primary N) is 1. The molecule has 0 spiro atoms. The van der Waals surface area contributed by atoms with Gasteiger partial charge in [-0.2, -0.15) is 10.1 Å². The molecule has 0 amide bonds. The van der Waals surface area contributed by atoms with Gasteiger partial charge in [-0.1, -0.05) is 12.1 Å². The first-order valence-electron chi connectivity index (χ1n) is 9.82. The third-order valence-electron chi connectivity index (χ3n) is 4.67. The summed E-state index contributed by atoms with van der Waals surface area (Å²) in [6, 6.07) is 11.6. The highest BCUT2D eigenvalue weighted by atomic mass is 32.2. The zero-order valence-electron chi connectivity index (χ0n) is 17.2. The lowest BCUT2D eigenvalue weighted by Gasteiger charge is -2.10. The summed E-state index contributed by atoms with van der Waals surface area (Å²) in [5, 5.41) is 7.76. The molecule has 32 heavy (non-hydrogen) atoms. The van der Waals surface area contributed by atoms with Gasteiger partial charge < -0.3 is 10.5 Å². The van der Waals surface area contributed by atoms with Gasteiger partial charge in [-0.05, 0) is 56.3 Å². The number of hydrogen-bond donors (Lipinski definition) is 3. The second-order valence-electron chi connectivity index (χ2n) is 7.00. The predicted molar refractivity (Wildman–Crippen MR) is 118 cm³/mol. The van der Waals surface area contributed by atoms with Crippen LogP contribution in [0.25, 0.3) is 22.4 Å². The average molecular weight is 457 g/mol. The van der Waals surface area contributed by atoms with Crippen molar-refractivity contribution >= 4 is 26.7 Å². The number of benzene rings is 2. The van der Waals surface area contributed by atoms with Gasteiger partial charge >= 0.3 is 0 Å². The summed E-state index contributed by atoms with van der Waals surface area (Å²) in [7, 11) is -4.07. The Hall–Kier alpha value is -3.57. The van der Waals surface area contributed by atoms with Crippen LogP contribution in [0.15, 0.2) is 53.4 Å². The summed E-state index contributed by atoms with van der Waals surface area (Å²) in [6.07, 6.45) is 0.675. The van der Waals surface area contributed by atoms with Crippen molar-refractivity contribution in [2.75, 3.05) is 17.9 Å². The van der Waals surface area contributed by atoms with E-state index in [2.05, 4.69) is 24.9 Å². The minimum absolute atomic E-state index is 0.271. The summed E-state index contributed by atoms with van der Waals surface area (Å²) >= 11 is 0. The fourth-order valence-electron chi connectivity index (χ4n) is 3.08. The van der Waals surface area contributed by atoms with E-state index >= 15 is 0 Å². The van der Waals surface area contributed by atoms with E-state index in [0.717, 1.165) is 11.8 Å². The highest BCUT2D eigenvalue weighted by molar-refractivity contribution is 7.92. The van der Waals surface area contributed by atoms with E-state index in [4.69, 9.17) is 10.5 Å². The molecule has 0 aliphatic carbocycles. The van der Waals surface area contributed by atoms with Crippen LogP contribution in [0.3, 0.4) is 0 Å². The van der Waals surface area contributed by atoms with Crippen LogP contribution in [-0.4, -0.2) is 41.7 Å². The van der Waals surface area contributed by atoms with Crippen molar-refractivity contribution < 1.29 is 17.5 Å². The Labute approximate surface area is 183 Å². The van der Waals surface area contributed by atoms with Crippen LogP contribution in [0, 0.1) is 12.7 Å². The Morgan fingerprint density at radius 1 is 1.12 bits per heavy atom. The standard InChI is InChI=1S/C21H21FN6O3S/c1-13-18-20(27-26-13)24-19(25-21(18)31-12-4-11-23)14-7-9-15(10-8-14)28-32(29,30)17-6-3-2-5-16(17)22/h2-3,5-10,28H,4,11-12,23H2,1H3,(H,24,25,26,27). The topological polar surface area (TPSA) is 136 Å². The van der Waals surface area contributed by atoms with Gasteiger partial charge in [0.15, 0.2) is 11.5 Å². The molecule has 11 heteroatoms. The summed E-state index contributed by atoms with van der Waals surface area (Å²) < 4.78 is 47.0. The summed E-state index contributed by atoms with van der Waals surface area (Å²) in [4.78, 5) is 8.56. The number of rotatable bonds is 8. The van der Waals surface area contributed by atoms with Gasteiger partial charge in [0.25, 0.3) is 10.0 Å². The lowest BCUT2D eigenvalue weighted by atomic mass is 10.2. The van der Waals surface area contributed by atoms with Crippen molar-refractivity contribution in [3.63, 3.8) is 0 Å². The van der Waals surface area contributed by atoms with Crippen molar-refractivity contribution in [1.82, 2.24) is 20.2 Å². The number of halogens is 1. The number of sulfonamides is 1. The molecule has 0 radical (unpaired) electrons. The van der Waals surface area contributed by atoms with Crippen LogP contribution in [0.4, 0.5) is 10.1 Å². The predicted octanol–water partition coefficient (Wildman–Crippen LogP) is 3.00.